The minimum atomic E-state index is 0.222. The molecule has 5 nitrogen and oxygen atoms in total. The molecule has 0 bridgehead atoms. The third-order valence-electron chi connectivity index (χ3n) is 2.82. The molecule has 7 heteroatoms. The Kier molecular flexibility index (Phi) is 4.39. The van der Waals surface area contributed by atoms with E-state index in [1.807, 2.05) is 0 Å². The van der Waals surface area contributed by atoms with Gasteiger partial charge >= 0.3 is 0 Å². The fraction of sp³-hybridized carbons (Fsp3) is 0.0714. The Labute approximate surface area is 139 Å². The van der Waals surface area contributed by atoms with E-state index in [9.17, 15) is 5.11 Å². The molecule has 0 unspecified atom stereocenters. The van der Waals surface area contributed by atoms with Crippen molar-refractivity contribution in [2.75, 3.05) is 0 Å². The van der Waals surface area contributed by atoms with Gasteiger partial charge in [0.05, 0.1) is 5.69 Å². The van der Waals surface area contributed by atoms with Crippen LogP contribution in [0, 0.1) is 3.57 Å². The Morgan fingerprint density at radius 1 is 1.05 bits per heavy atom. The summed E-state index contributed by atoms with van der Waals surface area (Å²) in [5.41, 5.74) is 2.04. The Bertz CT molecular complexity index is 727. The second kappa shape index (κ2) is 6.44. The number of halogens is 1. The Balaban J connectivity index is 1.76. The number of hydrogen-bond acceptors (Lipinski definition) is 5. The van der Waals surface area contributed by atoms with Crippen LogP contribution in [-0.4, -0.2) is 25.3 Å². The standard InChI is InChI=1S/C14H11IN4OS/c15-11-3-1-10(2-4-11)9-21-14-16-17-18-19(14)12-5-7-13(20)8-6-12/h1-8,20H,9H2. The minimum Gasteiger partial charge on any atom is -0.508 e. The normalized spacial score (nSPS) is 10.7. The van der Waals surface area contributed by atoms with Crippen LogP contribution in [0.15, 0.2) is 53.7 Å². The first-order chi connectivity index (χ1) is 10.2. The third kappa shape index (κ3) is 3.53. The van der Waals surface area contributed by atoms with Crippen LogP contribution in [0.3, 0.4) is 0 Å². The van der Waals surface area contributed by atoms with Crippen molar-refractivity contribution in [3.05, 3.63) is 57.7 Å². The highest BCUT2D eigenvalue weighted by atomic mass is 127. The van der Waals surface area contributed by atoms with Gasteiger partial charge in [-0.3, -0.25) is 0 Å². The van der Waals surface area contributed by atoms with Crippen molar-refractivity contribution >= 4 is 34.4 Å². The molecule has 0 amide bonds. The van der Waals surface area contributed by atoms with Gasteiger partial charge in [-0.25, -0.2) is 0 Å². The van der Waals surface area contributed by atoms with Crippen LogP contribution < -0.4 is 0 Å². The average Bonchev–Trinajstić information content (AvgIpc) is 2.96. The molecular weight excluding hydrogens is 399 g/mol. The average molecular weight is 410 g/mol. The molecule has 0 saturated carbocycles. The van der Waals surface area contributed by atoms with E-state index in [0.29, 0.717) is 0 Å². The van der Waals surface area contributed by atoms with E-state index in [-0.39, 0.29) is 5.75 Å². The molecule has 106 valence electrons. The van der Waals surface area contributed by atoms with Crippen molar-refractivity contribution in [1.29, 1.82) is 0 Å². The van der Waals surface area contributed by atoms with Gasteiger partial charge in [0.25, 0.3) is 0 Å². The van der Waals surface area contributed by atoms with Gasteiger partial charge in [0.15, 0.2) is 0 Å². The van der Waals surface area contributed by atoms with Crippen molar-refractivity contribution in [3.63, 3.8) is 0 Å². The molecule has 0 spiro atoms. The highest BCUT2D eigenvalue weighted by Crippen LogP contribution is 2.23. The Hall–Kier alpha value is -1.61. The summed E-state index contributed by atoms with van der Waals surface area (Å²) in [5, 5.41) is 21.8. The van der Waals surface area contributed by atoms with E-state index in [0.717, 1.165) is 16.6 Å². The number of benzene rings is 2. The monoisotopic (exact) mass is 410 g/mol. The number of tetrazole rings is 1. The quantitative estimate of drug-likeness (QED) is 0.529. The van der Waals surface area contributed by atoms with Gasteiger partial charge in [0, 0.05) is 9.32 Å². The smallest absolute Gasteiger partial charge is 0.214 e. The summed E-state index contributed by atoms with van der Waals surface area (Å²) < 4.78 is 2.88. The molecule has 3 aromatic rings. The summed E-state index contributed by atoms with van der Waals surface area (Å²) in [7, 11) is 0. The highest BCUT2D eigenvalue weighted by molar-refractivity contribution is 14.1. The molecule has 1 N–H and O–H groups in total. The first-order valence-electron chi connectivity index (χ1n) is 6.17. The van der Waals surface area contributed by atoms with Gasteiger partial charge in [-0.15, -0.1) is 5.10 Å². The van der Waals surface area contributed by atoms with Crippen LogP contribution in [0.4, 0.5) is 0 Å². The van der Waals surface area contributed by atoms with E-state index in [2.05, 4.69) is 62.4 Å². The van der Waals surface area contributed by atoms with Crippen LogP contribution in [0.2, 0.25) is 0 Å². The molecule has 0 fully saturated rings. The Morgan fingerprint density at radius 2 is 1.76 bits per heavy atom. The van der Waals surface area contributed by atoms with Gasteiger partial charge in [-0.05, 0) is 75.0 Å². The van der Waals surface area contributed by atoms with Crippen LogP contribution in [-0.2, 0) is 5.75 Å². The molecule has 0 atom stereocenters. The lowest BCUT2D eigenvalue weighted by molar-refractivity contribution is 0.475. The molecule has 1 aromatic heterocycles. The number of aromatic nitrogens is 4. The van der Waals surface area contributed by atoms with Gasteiger partial charge < -0.3 is 5.11 Å². The zero-order chi connectivity index (χ0) is 14.7. The van der Waals surface area contributed by atoms with Crippen LogP contribution in [0.25, 0.3) is 5.69 Å². The lowest BCUT2D eigenvalue weighted by Gasteiger charge is -2.04. The van der Waals surface area contributed by atoms with Gasteiger partial charge in [0.1, 0.15) is 5.75 Å². The third-order valence-corrected chi connectivity index (χ3v) is 4.53. The molecule has 3 rings (SSSR count). The van der Waals surface area contributed by atoms with E-state index >= 15 is 0 Å². The Morgan fingerprint density at radius 3 is 2.48 bits per heavy atom. The SMILES string of the molecule is Oc1ccc(-n2nnnc2SCc2ccc(I)cc2)cc1. The predicted octanol–water partition coefficient (Wildman–Crippen LogP) is 3.26. The summed E-state index contributed by atoms with van der Waals surface area (Å²) >= 11 is 3.86. The van der Waals surface area contributed by atoms with Crippen molar-refractivity contribution in [2.45, 2.75) is 10.9 Å². The van der Waals surface area contributed by atoms with Crippen molar-refractivity contribution in [1.82, 2.24) is 20.2 Å². The van der Waals surface area contributed by atoms with Gasteiger partial charge in [-0.2, -0.15) is 4.68 Å². The fourth-order valence-corrected chi connectivity index (χ4v) is 2.96. The van der Waals surface area contributed by atoms with Crippen LogP contribution in [0.5, 0.6) is 5.75 Å². The summed E-state index contributed by atoms with van der Waals surface area (Å²) in [6, 6.07) is 15.2. The topological polar surface area (TPSA) is 63.8 Å². The zero-order valence-corrected chi connectivity index (χ0v) is 13.8. The number of phenolic OH excluding ortho intramolecular Hbond substituents is 1. The zero-order valence-electron chi connectivity index (χ0n) is 10.8. The summed E-state index contributed by atoms with van der Waals surface area (Å²) in [6.45, 7) is 0. The molecule has 0 radical (unpaired) electrons. The molecule has 0 aliphatic rings. The lowest BCUT2D eigenvalue weighted by Crippen LogP contribution is -1.98. The minimum absolute atomic E-state index is 0.222. The van der Waals surface area contributed by atoms with Crippen molar-refractivity contribution in [3.8, 4) is 11.4 Å². The molecular formula is C14H11IN4OS. The molecule has 0 saturated heterocycles. The summed E-state index contributed by atoms with van der Waals surface area (Å²) in [5.74, 6) is 1.02. The largest absolute Gasteiger partial charge is 0.508 e. The molecule has 0 aliphatic heterocycles. The lowest BCUT2D eigenvalue weighted by atomic mass is 10.2. The summed E-state index contributed by atoms with van der Waals surface area (Å²) in [4.78, 5) is 0. The number of phenols is 1. The van der Waals surface area contributed by atoms with E-state index in [4.69, 9.17) is 0 Å². The molecule has 2 aromatic carbocycles. The van der Waals surface area contributed by atoms with Crippen LogP contribution >= 0.6 is 34.4 Å². The predicted molar refractivity (Wildman–Crippen MR) is 89.5 cm³/mol. The maximum Gasteiger partial charge on any atom is 0.214 e. The van der Waals surface area contributed by atoms with E-state index in [1.165, 1.54) is 9.13 Å². The number of rotatable bonds is 4. The van der Waals surface area contributed by atoms with Crippen LogP contribution in [0.1, 0.15) is 5.56 Å². The number of nitrogens with zero attached hydrogens (tertiary/aromatic N) is 4. The summed E-state index contributed by atoms with van der Waals surface area (Å²) in [6.07, 6.45) is 0. The molecule has 1 heterocycles. The van der Waals surface area contributed by atoms with E-state index in [1.54, 1.807) is 40.7 Å². The molecule has 21 heavy (non-hydrogen) atoms. The van der Waals surface area contributed by atoms with Gasteiger partial charge in [-0.1, -0.05) is 23.9 Å². The van der Waals surface area contributed by atoms with Gasteiger partial charge in [0.2, 0.25) is 5.16 Å². The first kappa shape index (κ1) is 14.3. The van der Waals surface area contributed by atoms with Crippen molar-refractivity contribution < 1.29 is 5.11 Å². The highest BCUT2D eigenvalue weighted by Gasteiger charge is 2.09. The molecule has 0 aliphatic carbocycles. The second-order valence-corrected chi connectivity index (χ2v) is 6.49. The van der Waals surface area contributed by atoms with Crippen molar-refractivity contribution in [2.24, 2.45) is 0 Å². The number of aromatic hydroxyl groups is 1. The maximum absolute atomic E-state index is 9.33. The maximum atomic E-state index is 9.33. The van der Waals surface area contributed by atoms with E-state index < -0.39 is 0 Å². The second-order valence-electron chi connectivity index (χ2n) is 4.30. The fourth-order valence-electron chi connectivity index (χ4n) is 1.75. The number of thioether (sulfide) groups is 1. The number of hydrogen-bond donors (Lipinski definition) is 1. The first-order valence-corrected chi connectivity index (χ1v) is 8.24.